The fourth-order valence-electron chi connectivity index (χ4n) is 4.25. The molecule has 0 spiro atoms. The van der Waals surface area contributed by atoms with Crippen molar-refractivity contribution in [3.8, 4) is 11.1 Å². The van der Waals surface area contributed by atoms with E-state index in [1.807, 2.05) is 6.07 Å². The lowest BCUT2D eigenvalue weighted by molar-refractivity contribution is -0.384. The third-order valence-electron chi connectivity index (χ3n) is 5.16. The quantitative estimate of drug-likeness (QED) is 0.582. The molecular formula is C20H21NO4. The minimum Gasteiger partial charge on any atom is -0.478 e. The fraction of sp³-hybridized carbons (Fsp3) is 0.350. The Bertz CT molecular complexity index is 785. The molecule has 0 bridgehead atoms. The average molecular weight is 339 g/mol. The molecule has 1 aliphatic rings. The van der Waals surface area contributed by atoms with Crippen LogP contribution in [0.4, 0.5) is 5.69 Å². The maximum atomic E-state index is 11.5. The van der Waals surface area contributed by atoms with Gasteiger partial charge in [-0.05, 0) is 53.3 Å². The highest BCUT2D eigenvalue weighted by Crippen LogP contribution is 2.54. The molecule has 3 rings (SSSR count). The van der Waals surface area contributed by atoms with E-state index in [2.05, 4.69) is 13.8 Å². The van der Waals surface area contributed by atoms with E-state index in [9.17, 15) is 20.0 Å². The molecule has 5 heteroatoms. The van der Waals surface area contributed by atoms with Gasteiger partial charge in [-0.15, -0.1) is 0 Å². The number of carboxylic acid groups (broad SMARTS) is 1. The van der Waals surface area contributed by atoms with Gasteiger partial charge in [-0.2, -0.15) is 0 Å². The van der Waals surface area contributed by atoms with Crippen molar-refractivity contribution in [2.24, 2.45) is 0 Å². The van der Waals surface area contributed by atoms with Gasteiger partial charge in [0.25, 0.3) is 5.69 Å². The zero-order chi connectivity index (χ0) is 18.2. The van der Waals surface area contributed by atoms with Crippen LogP contribution in [0.25, 0.3) is 11.1 Å². The Balaban J connectivity index is 2.32. The molecule has 2 aromatic carbocycles. The van der Waals surface area contributed by atoms with Crippen LogP contribution in [0.1, 0.15) is 61.0 Å². The van der Waals surface area contributed by atoms with Gasteiger partial charge >= 0.3 is 5.97 Å². The van der Waals surface area contributed by atoms with Gasteiger partial charge < -0.3 is 5.11 Å². The van der Waals surface area contributed by atoms with E-state index in [0.29, 0.717) is 0 Å². The summed E-state index contributed by atoms with van der Waals surface area (Å²) in [6.45, 7) is 4.18. The number of non-ortho nitro benzene ring substituents is 1. The van der Waals surface area contributed by atoms with Crippen LogP contribution < -0.4 is 0 Å². The van der Waals surface area contributed by atoms with Crippen LogP contribution in [-0.4, -0.2) is 16.0 Å². The van der Waals surface area contributed by atoms with Crippen LogP contribution >= 0.6 is 0 Å². The van der Waals surface area contributed by atoms with E-state index in [1.54, 1.807) is 24.3 Å². The molecule has 2 aromatic rings. The Morgan fingerprint density at radius 3 is 2.12 bits per heavy atom. The second kappa shape index (κ2) is 6.31. The highest BCUT2D eigenvalue weighted by Gasteiger charge is 2.43. The Morgan fingerprint density at radius 1 is 1.04 bits per heavy atom. The average Bonchev–Trinajstić information content (AvgIpc) is 2.85. The van der Waals surface area contributed by atoms with Crippen molar-refractivity contribution in [1.82, 2.24) is 0 Å². The van der Waals surface area contributed by atoms with Crippen LogP contribution in [0, 0.1) is 10.1 Å². The number of carbonyl (C=O) groups is 1. The van der Waals surface area contributed by atoms with Gasteiger partial charge in [0.2, 0.25) is 0 Å². The molecule has 0 saturated heterocycles. The van der Waals surface area contributed by atoms with Crippen molar-refractivity contribution in [1.29, 1.82) is 0 Å². The first-order valence-corrected chi connectivity index (χ1v) is 8.61. The summed E-state index contributed by atoms with van der Waals surface area (Å²) in [5.74, 6) is -0.952. The molecule has 0 radical (unpaired) electrons. The highest BCUT2D eigenvalue weighted by atomic mass is 16.6. The largest absolute Gasteiger partial charge is 0.478 e. The van der Waals surface area contributed by atoms with E-state index in [1.165, 1.54) is 6.07 Å². The van der Waals surface area contributed by atoms with Crippen LogP contribution in [0.3, 0.4) is 0 Å². The molecule has 0 atom stereocenters. The second-order valence-electron chi connectivity index (χ2n) is 6.63. The number of benzene rings is 2. The lowest BCUT2D eigenvalue weighted by Crippen LogP contribution is -2.25. The van der Waals surface area contributed by atoms with Crippen molar-refractivity contribution in [3.05, 3.63) is 63.2 Å². The molecule has 0 amide bonds. The standard InChI is InChI=1S/C20H21NO4/c1-3-9-20(10-4-2)17-11-13(19(22)23)5-7-15(17)16-8-6-14(21(24)25)12-18(16)20/h5-8,11-12H,3-4,9-10H2,1-2H3,(H,22,23). The van der Waals surface area contributed by atoms with E-state index in [4.69, 9.17) is 0 Å². The summed E-state index contributed by atoms with van der Waals surface area (Å²) in [6, 6.07) is 10.2. The number of fused-ring (bicyclic) bond motifs is 3. The molecule has 25 heavy (non-hydrogen) atoms. The first-order valence-electron chi connectivity index (χ1n) is 8.61. The monoisotopic (exact) mass is 339 g/mol. The zero-order valence-electron chi connectivity index (χ0n) is 14.4. The fourth-order valence-corrected chi connectivity index (χ4v) is 4.25. The zero-order valence-corrected chi connectivity index (χ0v) is 14.4. The van der Waals surface area contributed by atoms with Crippen LogP contribution in [-0.2, 0) is 5.41 Å². The van der Waals surface area contributed by atoms with Crippen molar-refractivity contribution in [2.75, 3.05) is 0 Å². The van der Waals surface area contributed by atoms with Gasteiger partial charge in [-0.1, -0.05) is 32.8 Å². The Kier molecular flexibility index (Phi) is 4.33. The number of hydrogen-bond donors (Lipinski definition) is 1. The third-order valence-corrected chi connectivity index (χ3v) is 5.16. The topological polar surface area (TPSA) is 80.4 Å². The van der Waals surface area contributed by atoms with Crippen LogP contribution in [0.2, 0.25) is 0 Å². The number of nitro benzene ring substituents is 1. The lowest BCUT2D eigenvalue weighted by Gasteiger charge is -2.32. The number of hydrogen-bond acceptors (Lipinski definition) is 3. The van der Waals surface area contributed by atoms with E-state index >= 15 is 0 Å². The first kappa shape index (κ1) is 17.1. The molecule has 1 N–H and O–H groups in total. The molecule has 5 nitrogen and oxygen atoms in total. The minimum absolute atomic E-state index is 0.0848. The van der Waals surface area contributed by atoms with E-state index in [-0.39, 0.29) is 21.6 Å². The number of nitrogens with zero attached hydrogens (tertiary/aromatic N) is 1. The van der Waals surface area contributed by atoms with E-state index in [0.717, 1.165) is 47.9 Å². The number of rotatable bonds is 6. The summed E-state index contributed by atoms with van der Waals surface area (Å²) in [5, 5.41) is 20.7. The maximum Gasteiger partial charge on any atom is 0.335 e. The van der Waals surface area contributed by atoms with Gasteiger partial charge in [0.05, 0.1) is 10.5 Å². The summed E-state index contributed by atoms with van der Waals surface area (Å²) >= 11 is 0. The van der Waals surface area contributed by atoms with Gasteiger partial charge in [0.15, 0.2) is 0 Å². The maximum absolute atomic E-state index is 11.5. The van der Waals surface area contributed by atoms with Crippen molar-refractivity contribution in [3.63, 3.8) is 0 Å². The second-order valence-corrected chi connectivity index (χ2v) is 6.63. The van der Waals surface area contributed by atoms with Crippen molar-refractivity contribution >= 4 is 11.7 Å². The van der Waals surface area contributed by atoms with E-state index < -0.39 is 5.97 Å². The molecule has 0 unspecified atom stereocenters. The van der Waals surface area contributed by atoms with Gasteiger partial charge in [0.1, 0.15) is 0 Å². The number of aromatic carboxylic acids is 1. The number of nitro groups is 1. The molecule has 0 aromatic heterocycles. The van der Waals surface area contributed by atoms with Crippen molar-refractivity contribution in [2.45, 2.75) is 44.9 Å². The smallest absolute Gasteiger partial charge is 0.335 e. The van der Waals surface area contributed by atoms with Crippen LogP contribution in [0.5, 0.6) is 0 Å². The summed E-state index contributed by atoms with van der Waals surface area (Å²) < 4.78 is 0. The predicted molar refractivity (Wildman–Crippen MR) is 96.1 cm³/mol. The lowest BCUT2D eigenvalue weighted by atomic mass is 9.71. The molecule has 0 heterocycles. The van der Waals surface area contributed by atoms with Gasteiger partial charge in [0, 0.05) is 17.5 Å². The number of carboxylic acids is 1. The Hall–Kier alpha value is -2.69. The summed E-state index contributed by atoms with van der Waals surface area (Å²) in [7, 11) is 0. The third kappa shape index (κ3) is 2.60. The highest BCUT2D eigenvalue weighted by molar-refractivity contribution is 5.91. The molecular weight excluding hydrogens is 318 g/mol. The SMILES string of the molecule is CCCC1(CCC)c2cc(C(=O)O)ccc2-c2ccc([N+](=O)[O-])cc21. The summed E-state index contributed by atoms with van der Waals surface area (Å²) in [4.78, 5) is 22.4. The Morgan fingerprint density at radius 2 is 1.60 bits per heavy atom. The molecule has 0 aliphatic heterocycles. The van der Waals surface area contributed by atoms with Crippen molar-refractivity contribution < 1.29 is 14.8 Å². The molecule has 0 fully saturated rings. The van der Waals surface area contributed by atoms with Gasteiger partial charge in [-0.3, -0.25) is 10.1 Å². The first-order chi connectivity index (χ1) is 11.9. The summed E-state index contributed by atoms with van der Waals surface area (Å²) in [6.07, 6.45) is 3.51. The normalized spacial score (nSPS) is 14.0. The minimum atomic E-state index is -0.952. The predicted octanol–water partition coefficient (Wildman–Crippen LogP) is 5.16. The van der Waals surface area contributed by atoms with Gasteiger partial charge in [-0.25, -0.2) is 4.79 Å². The molecule has 1 aliphatic carbocycles. The van der Waals surface area contributed by atoms with Crippen LogP contribution in [0.15, 0.2) is 36.4 Å². The molecule has 0 saturated carbocycles. The Labute approximate surface area is 146 Å². The molecule has 130 valence electrons. The summed E-state index contributed by atoms with van der Waals surface area (Å²) in [5.41, 5.74) is 3.93.